The number of nitrogens with one attached hydrogen (secondary N) is 5. The van der Waals surface area contributed by atoms with Gasteiger partial charge in [-0.25, -0.2) is 0 Å². The number of benzene rings is 1. The Morgan fingerprint density at radius 1 is 0.958 bits per heavy atom. The lowest BCUT2D eigenvalue weighted by molar-refractivity contribution is -0.131. The van der Waals surface area contributed by atoms with Gasteiger partial charge in [0.05, 0.1) is 31.8 Å². The topological polar surface area (TPSA) is 214 Å². The molecule has 0 unspecified atom stereocenters. The van der Waals surface area contributed by atoms with E-state index in [4.69, 9.17) is 14.9 Å². The molecule has 1 fully saturated rings. The fourth-order valence-corrected chi connectivity index (χ4v) is 5.40. The Kier molecular flexibility index (Phi) is 13.7. The zero-order valence-electron chi connectivity index (χ0n) is 26.7. The molecule has 3 atom stereocenters. The van der Waals surface area contributed by atoms with Crippen molar-refractivity contribution in [2.24, 2.45) is 11.7 Å². The average molecular weight is 666 g/mol. The van der Waals surface area contributed by atoms with Crippen molar-refractivity contribution in [3.8, 4) is 0 Å². The Morgan fingerprint density at radius 3 is 2.54 bits per heavy atom. The number of hydrogen-bond acceptors (Lipinski definition) is 9. The van der Waals surface area contributed by atoms with Crippen LogP contribution in [-0.2, 0) is 52.9 Å². The number of hydrogen-bond donors (Lipinski definition) is 6. The molecule has 1 aromatic heterocycles. The maximum Gasteiger partial charge on any atom is 0.246 e. The summed E-state index contributed by atoms with van der Waals surface area (Å²) >= 11 is 0. The molecule has 1 saturated heterocycles. The first-order chi connectivity index (χ1) is 23.2. The predicted molar refractivity (Wildman–Crippen MR) is 173 cm³/mol. The molecule has 1 aromatic carbocycles. The van der Waals surface area contributed by atoms with Crippen molar-refractivity contribution in [1.82, 2.24) is 31.5 Å². The molecule has 2 aromatic rings. The van der Waals surface area contributed by atoms with Crippen molar-refractivity contribution in [3.05, 3.63) is 71.7 Å². The number of nitrogens with two attached hydrogens (primary N) is 1. The lowest BCUT2D eigenvalue weighted by Gasteiger charge is -2.21. The van der Waals surface area contributed by atoms with E-state index in [9.17, 15) is 28.8 Å². The number of rotatable bonds is 8. The number of fused-ring (bicyclic) bond motifs is 3. The molecule has 4 rings (SSSR count). The molecule has 0 aliphatic carbocycles. The van der Waals surface area contributed by atoms with Crippen LogP contribution in [0.3, 0.4) is 0 Å². The first kappa shape index (κ1) is 35.8. The van der Waals surface area contributed by atoms with E-state index in [1.165, 1.54) is 11.2 Å². The van der Waals surface area contributed by atoms with Gasteiger partial charge in [-0.3, -0.25) is 28.8 Å². The summed E-state index contributed by atoms with van der Waals surface area (Å²) < 4.78 is 10.7. The number of furan rings is 1. The highest BCUT2D eigenvalue weighted by molar-refractivity contribution is 5.97. The Bertz CT molecular complexity index is 1460. The standard InChI is InChI=1S/C33H43N7O8/c34-11-16-47-17-13-36-32(45)26-9-12-35-28(41)7-8-30(43)40-14-10-24(21-40)31(44)39-27(19-25-6-3-15-48-25)33(46)37-20-23-5-2-1-4-22(23)18-29(42)38-26/h1-8,15,24,26-27H,9-14,16-21,34H2,(H,35,41)(H,36,45)(H,37,46)(H,38,42)(H,39,44)/b8-7+/t24-,26+,27+/m1/s1. The summed E-state index contributed by atoms with van der Waals surface area (Å²) in [6.45, 7) is 1.67. The van der Waals surface area contributed by atoms with E-state index in [2.05, 4.69) is 26.6 Å². The van der Waals surface area contributed by atoms with Crippen molar-refractivity contribution < 1.29 is 37.9 Å². The number of nitrogens with zero attached hydrogens (tertiary/aromatic N) is 1. The minimum atomic E-state index is -0.977. The van der Waals surface area contributed by atoms with Crippen LogP contribution in [0.5, 0.6) is 0 Å². The maximum atomic E-state index is 13.4. The Morgan fingerprint density at radius 2 is 1.77 bits per heavy atom. The zero-order valence-corrected chi connectivity index (χ0v) is 26.7. The second-order valence-electron chi connectivity index (χ2n) is 11.5. The van der Waals surface area contributed by atoms with E-state index in [0.717, 1.165) is 12.2 Å². The normalized spacial score (nSPS) is 22.2. The van der Waals surface area contributed by atoms with Gasteiger partial charge in [-0.2, -0.15) is 0 Å². The van der Waals surface area contributed by atoms with E-state index in [0.29, 0.717) is 43.0 Å². The molecule has 2 aliphatic heterocycles. The SMILES string of the molecule is NCCOCCNC(=O)[C@@H]1CCNC(=O)/C=C/C(=O)N2CC[C@H](C2)C(=O)N[C@@H](Cc2ccco2)C(=O)NCc2ccccc2CC(=O)N1. The van der Waals surface area contributed by atoms with Crippen LogP contribution in [-0.4, -0.2) is 98.4 Å². The predicted octanol–water partition coefficient (Wildman–Crippen LogP) is -1.33. The van der Waals surface area contributed by atoms with Gasteiger partial charge >= 0.3 is 0 Å². The van der Waals surface area contributed by atoms with Gasteiger partial charge in [0.15, 0.2) is 0 Å². The minimum absolute atomic E-state index is 0.0349. The van der Waals surface area contributed by atoms with Crippen LogP contribution in [0.2, 0.25) is 0 Å². The molecular weight excluding hydrogens is 622 g/mol. The summed E-state index contributed by atoms with van der Waals surface area (Å²) in [6, 6.07) is 8.53. The van der Waals surface area contributed by atoms with Crippen molar-refractivity contribution in [1.29, 1.82) is 0 Å². The lowest BCUT2D eigenvalue weighted by Crippen LogP contribution is -2.50. The Hall–Kier alpha value is -5.02. The molecule has 48 heavy (non-hydrogen) atoms. The molecule has 15 nitrogen and oxygen atoms in total. The molecule has 2 aliphatic rings. The van der Waals surface area contributed by atoms with Gasteiger partial charge in [0, 0.05) is 57.8 Å². The molecule has 0 saturated carbocycles. The Labute approximate surface area is 278 Å². The van der Waals surface area contributed by atoms with Gasteiger partial charge in [-0.05, 0) is 36.1 Å². The van der Waals surface area contributed by atoms with Gasteiger partial charge in [0.2, 0.25) is 35.4 Å². The fourth-order valence-electron chi connectivity index (χ4n) is 5.40. The first-order valence-corrected chi connectivity index (χ1v) is 16.0. The second-order valence-corrected chi connectivity index (χ2v) is 11.5. The van der Waals surface area contributed by atoms with Gasteiger partial charge in [-0.1, -0.05) is 24.3 Å². The summed E-state index contributed by atoms with van der Waals surface area (Å²) in [5, 5.41) is 13.8. The van der Waals surface area contributed by atoms with Crippen LogP contribution in [0.4, 0.5) is 0 Å². The molecule has 2 bridgehead atoms. The van der Waals surface area contributed by atoms with Crippen molar-refractivity contribution in [2.45, 2.75) is 44.3 Å². The molecule has 0 radical (unpaired) electrons. The molecule has 3 heterocycles. The van der Waals surface area contributed by atoms with Gasteiger partial charge in [0.25, 0.3) is 0 Å². The average Bonchev–Trinajstić information content (AvgIpc) is 3.78. The van der Waals surface area contributed by atoms with Crippen LogP contribution in [0.1, 0.15) is 29.7 Å². The molecule has 7 N–H and O–H groups in total. The van der Waals surface area contributed by atoms with Gasteiger partial charge < -0.3 is 46.4 Å². The highest BCUT2D eigenvalue weighted by Crippen LogP contribution is 2.18. The molecule has 0 spiro atoms. The zero-order chi connectivity index (χ0) is 34.3. The molecular formula is C33H43N7O8. The van der Waals surface area contributed by atoms with Crippen LogP contribution >= 0.6 is 0 Å². The summed E-state index contributed by atoms with van der Waals surface area (Å²) in [4.78, 5) is 79.6. The van der Waals surface area contributed by atoms with Gasteiger partial charge in [-0.15, -0.1) is 0 Å². The summed E-state index contributed by atoms with van der Waals surface area (Å²) in [5.41, 5.74) is 6.73. The van der Waals surface area contributed by atoms with E-state index in [-0.39, 0.29) is 58.0 Å². The maximum absolute atomic E-state index is 13.4. The minimum Gasteiger partial charge on any atom is -0.469 e. The fraction of sp³-hybridized carbons (Fsp3) is 0.455. The Balaban J connectivity index is 1.53. The third kappa shape index (κ3) is 11.1. The highest BCUT2D eigenvalue weighted by Gasteiger charge is 2.33. The number of ether oxygens (including phenoxy) is 1. The summed E-state index contributed by atoms with van der Waals surface area (Å²) in [7, 11) is 0. The highest BCUT2D eigenvalue weighted by atomic mass is 16.5. The van der Waals surface area contributed by atoms with E-state index < -0.39 is 47.5 Å². The third-order valence-corrected chi connectivity index (χ3v) is 7.98. The van der Waals surface area contributed by atoms with Gasteiger partial charge in [0.1, 0.15) is 17.8 Å². The van der Waals surface area contributed by atoms with Crippen LogP contribution in [0, 0.1) is 5.92 Å². The van der Waals surface area contributed by atoms with Crippen LogP contribution in [0.15, 0.2) is 59.2 Å². The quantitative estimate of drug-likeness (QED) is 0.184. The lowest BCUT2D eigenvalue weighted by atomic mass is 10.0. The van der Waals surface area contributed by atoms with Crippen molar-refractivity contribution in [2.75, 3.05) is 45.9 Å². The van der Waals surface area contributed by atoms with E-state index in [1.54, 1.807) is 36.4 Å². The molecule has 15 heteroatoms. The van der Waals surface area contributed by atoms with Crippen molar-refractivity contribution in [3.63, 3.8) is 0 Å². The van der Waals surface area contributed by atoms with Crippen LogP contribution < -0.4 is 32.3 Å². The summed E-state index contributed by atoms with van der Waals surface area (Å²) in [5.74, 6) is -2.76. The smallest absolute Gasteiger partial charge is 0.246 e. The molecule has 6 amide bonds. The monoisotopic (exact) mass is 665 g/mol. The van der Waals surface area contributed by atoms with Crippen LogP contribution in [0.25, 0.3) is 0 Å². The largest absolute Gasteiger partial charge is 0.469 e. The second kappa shape index (κ2) is 18.4. The third-order valence-electron chi connectivity index (χ3n) is 7.98. The van der Waals surface area contributed by atoms with Crippen molar-refractivity contribution >= 4 is 35.4 Å². The number of carbonyl (C=O) groups is 6. The van der Waals surface area contributed by atoms with E-state index >= 15 is 0 Å². The summed E-state index contributed by atoms with van der Waals surface area (Å²) in [6.07, 6.45) is 4.18. The molecule has 258 valence electrons. The van der Waals surface area contributed by atoms with E-state index in [1.807, 2.05) is 0 Å². The number of amides is 6. The first-order valence-electron chi connectivity index (χ1n) is 16.0. The number of carbonyl (C=O) groups excluding carboxylic acids is 6.